The largest absolute Gasteiger partial charge is 0.493 e. The van der Waals surface area contributed by atoms with Gasteiger partial charge in [0.05, 0.1) is 43.3 Å². The van der Waals surface area contributed by atoms with Gasteiger partial charge in [0.2, 0.25) is 5.91 Å². The highest BCUT2D eigenvalue weighted by Crippen LogP contribution is 2.38. The van der Waals surface area contributed by atoms with Crippen LogP contribution < -0.4 is 14.4 Å². The Bertz CT molecular complexity index is 1960. The minimum atomic E-state index is -5.08. The Labute approximate surface area is 314 Å². The zero-order valence-electron chi connectivity index (χ0n) is 30.2. The number of carboxylic acid groups (broad SMARTS) is 1. The summed E-state index contributed by atoms with van der Waals surface area (Å²) >= 11 is 0. The number of piperazine rings is 1. The molecule has 0 spiro atoms. The third-order valence-corrected chi connectivity index (χ3v) is 9.44. The van der Waals surface area contributed by atoms with E-state index in [4.69, 9.17) is 19.4 Å². The van der Waals surface area contributed by atoms with Crippen molar-refractivity contribution in [2.24, 2.45) is 0 Å². The summed E-state index contributed by atoms with van der Waals surface area (Å²) in [6.07, 6.45) is 3.49. The summed E-state index contributed by atoms with van der Waals surface area (Å²) in [6.45, 7) is 2.16. The van der Waals surface area contributed by atoms with Crippen molar-refractivity contribution in [2.45, 2.75) is 57.0 Å². The Hall–Kier alpha value is -6.13. The number of nitrogens with zero attached hydrogens (tertiary/aromatic N) is 6. The number of alkyl halides is 3. The highest BCUT2D eigenvalue weighted by Gasteiger charge is 2.49. The molecule has 4 aromatic rings. The zero-order chi connectivity index (χ0) is 39.7. The molecule has 2 aliphatic heterocycles. The number of amides is 2. The lowest BCUT2D eigenvalue weighted by molar-refractivity contribution is -0.384. The number of non-ortho nitro benzene ring substituents is 1. The molecule has 1 aromatic heterocycles. The van der Waals surface area contributed by atoms with Gasteiger partial charge >= 0.3 is 12.1 Å². The van der Waals surface area contributed by atoms with Crippen LogP contribution in [0.25, 0.3) is 0 Å². The van der Waals surface area contributed by atoms with Crippen LogP contribution in [0.5, 0.6) is 11.5 Å². The van der Waals surface area contributed by atoms with Crippen molar-refractivity contribution in [3.8, 4) is 11.5 Å². The number of hydrogen-bond donors (Lipinski definition) is 1. The van der Waals surface area contributed by atoms with E-state index in [1.54, 1.807) is 43.8 Å². The number of nitro benzene ring substituents is 1. The molecule has 6 rings (SSSR count). The van der Waals surface area contributed by atoms with Crippen LogP contribution >= 0.6 is 0 Å². The molecule has 17 heteroatoms. The molecular formula is C38H41F3N6O8. The van der Waals surface area contributed by atoms with E-state index in [-0.39, 0.29) is 29.5 Å². The fraction of sp³-hybridized carbons (Fsp3) is 0.368. The van der Waals surface area contributed by atoms with Crippen LogP contribution in [0.1, 0.15) is 40.7 Å². The van der Waals surface area contributed by atoms with Gasteiger partial charge in [0, 0.05) is 50.6 Å². The van der Waals surface area contributed by atoms with Crippen molar-refractivity contribution < 1.29 is 47.1 Å². The smallest absolute Gasteiger partial charge is 0.490 e. The standard InChI is InChI=1S/C36H40N6O6.C2HF3O2/c1-47-32-15-12-27(22-33(32)48-2)21-31-36(44)39(18-7-6-11-26-9-4-3-5-10-26)24-34-40(19-8-17-38-20-16-37-25-38)30-14-13-28(42(45)46)23-29(30)35(43)41(31)34;3-2(4,5)1(6)7/h3-5,9-10,12-16,20,22-23,25,31,34H,6-8,11,17-19,21,24H2,1-2H3;(H,6,7)/t31-,34?;/m0./s1. The third-order valence-electron chi connectivity index (χ3n) is 9.44. The van der Waals surface area contributed by atoms with Crippen LogP contribution in [-0.2, 0) is 29.0 Å². The Balaban J connectivity index is 0.000000757. The summed E-state index contributed by atoms with van der Waals surface area (Å²) in [5.74, 6) is -2.19. The van der Waals surface area contributed by atoms with E-state index >= 15 is 0 Å². The maximum absolute atomic E-state index is 14.4. The van der Waals surface area contributed by atoms with Crippen molar-refractivity contribution >= 4 is 29.2 Å². The molecule has 0 radical (unpaired) electrons. The average molecular weight is 767 g/mol. The van der Waals surface area contributed by atoms with Crippen molar-refractivity contribution in [3.05, 3.63) is 112 Å². The number of methoxy groups -OCH3 is 2. The molecular weight excluding hydrogens is 725 g/mol. The molecule has 1 fully saturated rings. The summed E-state index contributed by atoms with van der Waals surface area (Å²) in [6, 6.07) is 19.4. The van der Waals surface area contributed by atoms with E-state index in [0.29, 0.717) is 43.4 Å². The molecule has 55 heavy (non-hydrogen) atoms. The van der Waals surface area contributed by atoms with Gasteiger partial charge in [-0.2, -0.15) is 13.2 Å². The first-order valence-electron chi connectivity index (χ1n) is 17.5. The SMILES string of the molecule is COc1ccc(C[C@H]2C(=O)N(CCCCc3ccccc3)CC3N(CCCn4ccnc4)c4ccc([N+](=O)[O-])cc4C(=O)N32)cc1OC.O=C(O)C(F)(F)F. The molecule has 3 heterocycles. The number of unbranched alkanes of at least 4 members (excludes halogenated alkanes) is 1. The number of rotatable bonds is 14. The second kappa shape index (κ2) is 17.8. The summed E-state index contributed by atoms with van der Waals surface area (Å²) in [4.78, 5) is 58.7. The fourth-order valence-corrected chi connectivity index (χ4v) is 6.80. The van der Waals surface area contributed by atoms with Gasteiger partial charge < -0.3 is 33.8 Å². The van der Waals surface area contributed by atoms with Gasteiger partial charge in [-0.25, -0.2) is 9.78 Å². The number of aliphatic carboxylic acids is 1. The Kier molecular flexibility index (Phi) is 13.0. The number of fused-ring (bicyclic) bond motifs is 2. The molecule has 2 amide bonds. The second-order valence-corrected chi connectivity index (χ2v) is 12.9. The Morgan fingerprint density at radius 3 is 2.31 bits per heavy atom. The van der Waals surface area contributed by atoms with Crippen molar-refractivity contribution in [1.29, 1.82) is 0 Å². The Morgan fingerprint density at radius 2 is 1.67 bits per heavy atom. The van der Waals surface area contributed by atoms with Crippen LogP contribution in [-0.4, -0.2) is 99.4 Å². The molecule has 1 saturated heterocycles. The first-order chi connectivity index (χ1) is 26.3. The quantitative estimate of drug-likeness (QED) is 0.0973. The van der Waals surface area contributed by atoms with Crippen LogP contribution in [0.3, 0.4) is 0 Å². The highest BCUT2D eigenvalue weighted by molar-refractivity contribution is 6.05. The van der Waals surface area contributed by atoms with Crippen LogP contribution in [0.2, 0.25) is 0 Å². The first-order valence-corrected chi connectivity index (χ1v) is 17.5. The van der Waals surface area contributed by atoms with Gasteiger partial charge in [-0.05, 0) is 55.0 Å². The van der Waals surface area contributed by atoms with Crippen LogP contribution in [0.15, 0.2) is 85.5 Å². The van der Waals surface area contributed by atoms with E-state index < -0.39 is 29.3 Å². The normalized spacial score (nSPS) is 16.5. The van der Waals surface area contributed by atoms with Crippen molar-refractivity contribution in [2.75, 3.05) is 38.8 Å². The molecule has 1 N–H and O–H groups in total. The number of nitro groups is 1. The van der Waals surface area contributed by atoms with Gasteiger partial charge in [-0.1, -0.05) is 36.4 Å². The first kappa shape index (κ1) is 40.1. The minimum Gasteiger partial charge on any atom is -0.493 e. The average Bonchev–Trinajstić information content (AvgIpc) is 3.69. The van der Waals surface area contributed by atoms with Crippen LogP contribution in [0.4, 0.5) is 24.5 Å². The number of aromatic nitrogens is 2. The maximum Gasteiger partial charge on any atom is 0.490 e. The number of carboxylic acids is 1. The predicted molar refractivity (Wildman–Crippen MR) is 194 cm³/mol. The molecule has 2 aliphatic rings. The second-order valence-electron chi connectivity index (χ2n) is 12.9. The number of halogens is 3. The molecule has 0 aliphatic carbocycles. The molecule has 1 unspecified atom stereocenters. The number of carbonyl (C=O) groups is 3. The summed E-state index contributed by atoms with van der Waals surface area (Å²) in [5.41, 5.74) is 2.76. The van der Waals surface area contributed by atoms with E-state index in [0.717, 1.165) is 31.2 Å². The molecule has 0 saturated carbocycles. The molecule has 2 atom stereocenters. The lowest BCUT2D eigenvalue weighted by atomic mass is 9.94. The number of carbonyl (C=O) groups excluding carboxylic acids is 2. The summed E-state index contributed by atoms with van der Waals surface area (Å²) in [7, 11) is 3.12. The minimum absolute atomic E-state index is 0.138. The van der Waals surface area contributed by atoms with Gasteiger partial charge in [-0.3, -0.25) is 19.7 Å². The number of anilines is 1. The van der Waals surface area contributed by atoms with Gasteiger partial charge in [0.1, 0.15) is 12.2 Å². The van der Waals surface area contributed by atoms with E-state index in [2.05, 4.69) is 22.0 Å². The summed E-state index contributed by atoms with van der Waals surface area (Å²) in [5, 5.41) is 18.9. The Morgan fingerprint density at radius 1 is 0.945 bits per heavy atom. The van der Waals surface area contributed by atoms with E-state index in [1.165, 1.54) is 17.7 Å². The number of aryl methyl sites for hydroxylation is 2. The third kappa shape index (κ3) is 9.71. The molecule has 3 aromatic carbocycles. The van der Waals surface area contributed by atoms with Gasteiger partial charge in [-0.15, -0.1) is 0 Å². The monoisotopic (exact) mass is 766 g/mol. The number of ether oxygens (including phenoxy) is 2. The molecule has 0 bridgehead atoms. The van der Waals surface area contributed by atoms with Gasteiger partial charge in [0.25, 0.3) is 11.6 Å². The van der Waals surface area contributed by atoms with Crippen molar-refractivity contribution in [3.63, 3.8) is 0 Å². The zero-order valence-corrected chi connectivity index (χ0v) is 30.2. The number of benzene rings is 3. The lowest BCUT2D eigenvalue weighted by Gasteiger charge is -2.53. The van der Waals surface area contributed by atoms with E-state index in [1.807, 2.05) is 46.0 Å². The number of hydrogen-bond acceptors (Lipinski definition) is 9. The fourth-order valence-electron chi connectivity index (χ4n) is 6.80. The number of imidazole rings is 1. The van der Waals surface area contributed by atoms with Crippen LogP contribution in [0, 0.1) is 10.1 Å². The summed E-state index contributed by atoms with van der Waals surface area (Å²) < 4.78 is 44.7. The van der Waals surface area contributed by atoms with Gasteiger partial charge in [0.15, 0.2) is 11.5 Å². The maximum atomic E-state index is 14.4. The van der Waals surface area contributed by atoms with E-state index in [9.17, 15) is 32.9 Å². The van der Waals surface area contributed by atoms with Crippen molar-refractivity contribution in [1.82, 2.24) is 19.4 Å². The topological polar surface area (TPSA) is 161 Å². The molecule has 14 nitrogen and oxygen atoms in total. The highest BCUT2D eigenvalue weighted by atomic mass is 19.4. The molecule has 292 valence electrons. The lowest BCUT2D eigenvalue weighted by Crippen LogP contribution is -2.70. The predicted octanol–water partition coefficient (Wildman–Crippen LogP) is 5.60.